The first kappa shape index (κ1) is 15.5. The van der Waals surface area contributed by atoms with Crippen LogP contribution in [-0.2, 0) is 9.84 Å². The van der Waals surface area contributed by atoms with E-state index in [9.17, 15) is 13.5 Å². The van der Waals surface area contributed by atoms with Crippen LogP contribution in [0.5, 0.6) is 0 Å². The van der Waals surface area contributed by atoms with Crippen LogP contribution in [0.2, 0.25) is 0 Å². The van der Waals surface area contributed by atoms with Crippen molar-refractivity contribution in [3.8, 4) is 0 Å². The molecule has 0 amide bonds. The van der Waals surface area contributed by atoms with E-state index >= 15 is 0 Å². The Morgan fingerprint density at radius 2 is 1.70 bits per heavy atom. The van der Waals surface area contributed by atoms with Gasteiger partial charge in [-0.05, 0) is 42.7 Å². The van der Waals surface area contributed by atoms with Gasteiger partial charge in [-0.1, -0.05) is 39.0 Å². The molecule has 0 aliphatic heterocycles. The van der Waals surface area contributed by atoms with Gasteiger partial charge in [-0.3, -0.25) is 0 Å². The van der Waals surface area contributed by atoms with Crippen LogP contribution < -0.4 is 0 Å². The van der Waals surface area contributed by atoms with Crippen molar-refractivity contribution in [2.75, 3.05) is 0 Å². The Hall–Kier alpha value is -0.870. The monoisotopic (exact) mass is 296 g/mol. The maximum Gasteiger partial charge on any atom is 0.183 e. The van der Waals surface area contributed by atoms with E-state index in [1.54, 1.807) is 30.3 Å². The van der Waals surface area contributed by atoms with Crippen LogP contribution in [0.3, 0.4) is 0 Å². The molecule has 0 aromatic heterocycles. The number of aliphatic hydroxyl groups excluding tert-OH is 1. The lowest BCUT2D eigenvalue weighted by Gasteiger charge is -2.39. The van der Waals surface area contributed by atoms with Crippen LogP contribution in [-0.4, -0.2) is 24.9 Å². The third-order valence-electron chi connectivity index (χ3n) is 4.45. The minimum atomic E-state index is -3.45. The Morgan fingerprint density at radius 3 is 2.25 bits per heavy atom. The van der Waals surface area contributed by atoms with Gasteiger partial charge in [-0.15, -0.1) is 0 Å². The Kier molecular flexibility index (Phi) is 4.26. The summed E-state index contributed by atoms with van der Waals surface area (Å²) in [5.74, 6) is 0.328. The smallest absolute Gasteiger partial charge is 0.183 e. The summed E-state index contributed by atoms with van der Waals surface area (Å²) in [5.41, 5.74) is 0.0740. The molecule has 1 aliphatic rings. The van der Waals surface area contributed by atoms with E-state index in [0.717, 1.165) is 6.42 Å². The summed E-state index contributed by atoms with van der Waals surface area (Å²) in [6.07, 6.45) is 1.25. The molecule has 20 heavy (non-hydrogen) atoms. The summed E-state index contributed by atoms with van der Waals surface area (Å²) in [6, 6.07) is 8.48. The molecule has 1 fully saturated rings. The molecule has 0 saturated heterocycles. The molecule has 0 heterocycles. The second-order valence-corrected chi connectivity index (χ2v) is 9.01. The van der Waals surface area contributed by atoms with E-state index < -0.39 is 21.2 Å². The van der Waals surface area contributed by atoms with Crippen molar-refractivity contribution in [2.24, 2.45) is 11.3 Å². The first-order valence-electron chi connectivity index (χ1n) is 7.20. The van der Waals surface area contributed by atoms with Crippen molar-refractivity contribution >= 4 is 9.84 Å². The van der Waals surface area contributed by atoms with Crippen molar-refractivity contribution in [2.45, 2.75) is 56.3 Å². The zero-order chi connectivity index (χ0) is 15.0. The highest BCUT2D eigenvalue weighted by Gasteiger charge is 2.42. The van der Waals surface area contributed by atoms with E-state index in [0.29, 0.717) is 23.7 Å². The van der Waals surface area contributed by atoms with Gasteiger partial charge in [0.05, 0.1) is 16.2 Å². The predicted molar refractivity (Wildman–Crippen MR) is 80.2 cm³/mol. The van der Waals surface area contributed by atoms with Gasteiger partial charge in [0.25, 0.3) is 0 Å². The van der Waals surface area contributed by atoms with E-state index in [-0.39, 0.29) is 5.41 Å². The molecule has 3 atom stereocenters. The molecule has 1 aromatic carbocycles. The fourth-order valence-electron chi connectivity index (χ4n) is 3.02. The van der Waals surface area contributed by atoms with Crippen molar-refractivity contribution < 1.29 is 13.5 Å². The Bertz CT molecular complexity index is 543. The zero-order valence-corrected chi connectivity index (χ0v) is 13.2. The molecule has 1 aliphatic carbocycles. The summed E-state index contributed by atoms with van der Waals surface area (Å²) in [4.78, 5) is 0.318. The molecule has 1 aromatic rings. The van der Waals surface area contributed by atoms with E-state index in [1.807, 2.05) is 0 Å². The largest absolute Gasteiger partial charge is 0.392 e. The molecule has 0 radical (unpaired) electrons. The third-order valence-corrected chi connectivity index (χ3v) is 6.68. The van der Waals surface area contributed by atoms with Crippen LogP contribution in [0.25, 0.3) is 0 Å². The maximum absolute atomic E-state index is 12.7. The SMILES string of the molecule is CC(C)(C)[C@@H]1CC[C@@H](O)[C@H](S(=O)(=O)c2ccccc2)C1. The van der Waals surface area contributed by atoms with E-state index in [4.69, 9.17) is 0 Å². The second-order valence-electron chi connectivity index (χ2n) is 6.84. The van der Waals surface area contributed by atoms with Gasteiger partial charge < -0.3 is 5.11 Å². The highest BCUT2D eigenvalue weighted by atomic mass is 32.2. The molecule has 3 nitrogen and oxygen atoms in total. The van der Waals surface area contributed by atoms with E-state index in [1.165, 1.54) is 0 Å². The number of benzene rings is 1. The van der Waals surface area contributed by atoms with Crippen LogP contribution in [0.4, 0.5) is 0 Å². The molecule has 1 saturated carbocycles. The van der Waals surface area contributed by atoms with Crippen molar-refractivity contribution in [1.29, 1.82) is 0 Å². The topological polar surface area (TPSA) is 54.4 Å². The average molecular weight is 296 g/mol. The molecule has 4 heteroatoms. The van der Waals surface area contributed by atoms with Gasteiger partial charge in [0.2, 0.25) is 0 Å². The molecule has 1 N–H and O–H groups in total. The van der Waals surface area contributed by atoms with Crippen molar-refractivity contribution in [3.63, 3.8) is 0 Å². The molecular weight excluding hydrogens is 272 g/mol. The van der Waals surface area contributed by atoms with Gasteiger partial charge in [0.15, 0.2) is 9.84 Å². The Labute approximate surface area is 121 Å². The number of aliphatic hydroxyl groups is 1. The highest BCUT2D eigenvalue weighted by Crippen LogP contribution is 2.41. The first-order chi connectivity index (χ1) is 9.23. The average Bonchev–Trinajstić information content (AvgIpc) is 2.38. The summed E-state index contributed by atoms with van der Waals surface area (Å²) in [6.45, 7) is 6.42. The van der Waals surface area contributed by atoms with Gasteiger partial charge in [-0.2, -0.15) is 0 Å². The molecule has 0 unspecified atom stereocenters. The number of hydrogen-bond donors (Lipinski definition) is 1. The van der Waals surface area contributed by atoms with Gasteiger partial charge in [0, 0.05) is 0 Å². The number of sulfone groups is 1. The van der Waals surface area contributed by atoms with Crippen LogP contribution >= 0.6 is 0 Å². The Balaban J connectivity index is 2.30. The quantitative estimate of drug-likeness (QED) is 0.912. The lowest BCUT2D eigenvalue weighted by Crippen LogP contribution is -2.42. The Morgan fingerprint density at radius 1 is 1.10 bits per heavy atom. The first-order valence-corrected chi connectivity index (χ1v) is 8.74. The second kappa shape index (κ2) is 5.49. The lowest BCUT2D eigenvalue weighted by atomic mass is 9.71. The minimum absolute atomic E-state index is 0.0740. The summed E-state index contributed by atoms with van der Waals surface area (Å²) >= 11 is 0. The van der Waals surface area contributed by atoms with Gasteiger partial charge in [0.1, 0.15) is 0 Å². The molecule has 0 spiro atoms. The van der Waals surface area contributed by atoms with Crippen LogP contribution in [0.15, 0.2) is 35.2 Å². The van der Waals surface area contributed by atoms with E-state index in [2.05, 4.69) is 20.8 Å². The summed E-state index contributed by atoms with van der Waals surface area (Å²) in [7, 11) is -3.45. The van der Waals surface area contributed by atoms with Crippen molar-refractivity contribution in [1.82, 2.24) is 0 Å². The van der Waals surface area contributed by atoms with Crippen molar-refractivity contribution in [3.05, 3.63) is 30.3 Å². The number of rotatable bonds is 2. The highest BCUT2D eigenvalue weighted by molar-refractivity contribution is 7.92. The fraction of sp³-hybridized carbons (Fsp3) is 0.625. The third kappa shape index (κ3) is 3.07. The van der Waals surface area contributed by atoms with Crippen LogP contribution in [0.1, 0.15) is 40.0 Å². The minimum Gasteiger partial charge on any atom is -0.392 e. The summed E-state index contributed by atoms with van der Waals surface area (Å²) in [5, 5.41) is 9.49. The maximum atomic E-state index is 12.7. The summed E-state index contributed by atoms with van der Waals surface area (Å²) < 4.78 is 25.4. The lowest BCUT2D eigenvalue weighted by molar-refractivity contribution is 0.0757. The molecular formula is C16H24O3S. The predicted octanol–water partition coefficient (Wildman–Crippen LogP) is 3.04. The van der Waals surface area contributed by atoms with Gasteiger partial charge >= 0.3 is 0 Å². The van der Waals surface area contributed by atoms with Crippen LogP contribution in [0, 0.1) is 11.3 Å². The normalized spacial score (nSPS) is 28.3. The number of hydrogen-bond acceptors (Lipinski definition) is 3. The standard InChI is InChI=1S/C16H24O3S/c1-16(2,3)12-9-10-14(17)15(11-12)20(18,19)13-7-5-4-6-8-13/h4-8,12,14-15,17H,9-11H2,1-3H3/t12-,14-,15-/m1/s1. The molecule has 0 bridgehead atoms. The fourth-order valence-corrected chi connectivity index (χ4v) is 4.94. The van der Waals surface area contributed by atoms with Gasteiger partial charge in [-0.25, -0.2) is 8.42 Å². The zero-order valence-electron chi connectivity index (χ0n) is 12.4. The molecule has 2 rings (SSSR count). The molecule has 112 valence electrons.